The molecule has 0 aliphatic heterocycles. The van der Waals surface area contributed by atoms with Crippen molar-refractivity contribution in [1.29, 1.82) is 0 Å². The fourth-order valence-corrected chi connectivity index (χ4v) is 4.25. The number of tetrazole rings is 1. The van der Waals surface area contributed by atoms with Gasteiger partial charge in [-0.15, -0.1) is 5.10 Å². The van der Waals surface area contributed by atoms with Crippen molar-refractivity contribution in [2.45, 2.75) is 45.1 Å². The fraction of sp³-hybridized carbons (Fsp3) is 0.417. The molecule has 0 unspecified atom stereocenters. The monoisotopic (exact) mass is 435 g/mol. The Morgan fingerprint density at radius 2 is 1.94 bits per heavy atom. The lowest BCUT2D eigenvalue weighted by atomic mass is 9.76. The molecular formula is C24H29N5O3. The first-order valence-corrected chi connectivity index (χ1v) is 11.0. The molecule has 4 rings (SSSR count). The van der Waals surface area contributed by atoms with E-state index < -0.39 is 5.54 Å². The number of rotatable bonds is 7. The lowest BCUT2D eigenvalue weighted by molar-refractivity contribution is 0.0526. The van der Waals surface area contributed by atoms with E-state index >= 15 is 0 Å². The molecule has 0 saturated heterocycles. The van der Waals surface area contributed by atoms with E-state index in [1.54, 1.807) is 30.8 Å². The third-order valence-electron chi connectivity index (χ3n) is 6.10. The van der Waals surface area contributed by atoms with Gasteiger partial charge in [-0.05, 0) is 91.4 Å². The molecule has 1 saturated carbocycles. The first kappa shape index (κ1) is 21.8. The van der Waals surface area contributed by atoms with E-state index in [1.807, 2.05) is 36.4 Å². The van der Waals surface area contributed by atoms with E-state index in [0.717, 1.165) is 48.6 Å². The zero-order chi connectivity index (χ0) is 22.6. The molecule has 1 N–H and O–H groups in total. The number of nitrogens with zero attached hydrogens (tertiary/aromatic N) is 4. The number of benzene rings is 2. The summed E-state index contributed by atoms with van der Waals surface area (Å²) in [6.07, 6.45) is 3.94. The first-order chi connectivity index (χ1) is 15.5. The Labute approximate surface area is 187 Å². The van der Waals surface area contributed by atoms with Crippen molar-refractivity contribution in [2.24, 2.45) is 5.92 Å². The molecule has 1 aliphatic rings. The second kappa shape index (κ2) is 9.38. The molecule has 32 heavy (non-hydrogen) atoms. The summed E-state index contributed by atoms with van der Waals surface area (Å²) in [7, 11) is 1.66. The molecule has 0 bridgehead atoms. The topological polar surface area (TPSA) is 91.2 Å². The predicted molar refractivity (Wildman–Crippen MR) is 121 cm³/mol. The van der Waals surface area contributed by atoms with Crippen LogP contribution in [0.3, 0.4) is 0 Å². The minimum absolute atomic E-state index is 0.326. The number of carbonyl (C=O) groups is 1. The lowest BCUT2D eigenvalue weighted by Crippen LogP contribution is -2.41. The first-order valence-electron chi connectivity index (χ1n) is 11.0. The number of esters is 1. The van der Waals surface area contributed by atoms with E-state index in [0.29, 0.717) is 18.1 Å². The minimum atomic E-state index is -0.426. The quantitative estimate of drug-likeness (QED) is 0.551. The van der Waals surface area contributed by atoms with Gasteiger partial charge in [0.1, 0.15) is 5.75 Å². The number of aromatic nitrogens is 4. The summed E-state index contributed by atoms with van der Waals surface area (Å²) in [5.74, 6) is 1.84. The Balaban J connectivity index is 1.72. The molecule has 1 heterocycles. The van der Waals surface area contributed by atoms with Crippen LogP contribution in [0.5, 0.6) is 5.75 Å². The van der Waals surface area contributed by atoms with Crippen molar-refractivity contribution in [3.63, 3.8) is 0 Å². The van der Waals surface area contributed by atoms with Crippen molar-refractivity contribution in [1.82, 2.24) is 20.2 Å². The highest BCUT2D eigenvalue weighted by atomic mass is 16.5. The van der Waals surface area contributed by atoms with Gasteiger partial charge in [-0.25, -0.2) is 4.79 Å². The van der Waals surface area contributed by atoms with Crippen molar-refractivity contribution in [3.05, 3.63) is 59.9 Å². The van der Waals surface area contributed by atoms with Crippen LogP contribution in [0.25, 0.3) is 5.69 Å². The third-order valence-corrected chi connectivity index (χ3v) is 6.10. The van der Waals surface area contributed by atoms with E-state index in [2.05, 4.69) is 27.8 Å². The second-order valence-corrected chi connectivity index (χ2v) is 8.30. The molecule has 168 valence electrons. The van der Waals surface area contributed by atoms with Gasteiger partial charge in [0.25, 0.3) is 0 Å². The average Bonchev–Trinajstić information content (AvgIpc) is 3.32. The van der Waals surface area contributed by atoms with E-state index in [1.165, 1.54) is 0 Å². The number of nitrogens with one attached hydrogen (secondary N) is 1. The van der Waals surface area contributed by atoms with Gasteiger partial charge in [0.2, 0.25) is 0 Å². The van der Waals surface area contributed by atoms with Crippen molar-refractivity contribution >= 4 is 11.7 Å². The van der Waals surface area contributed by atoms with Gasteiger partial charge in [-0.1, -0.05) is 13.0 Å². The molecule has 8 heteroatoms. The van der Waals surface area contributed by atoms with Gasteiger partial charge in [-0.2, -0.15) is 4.68 Å². The van der Waals surface area contributed by atoms with Crippen LogP contribution in [-0.4, -0.2) is 39.9 Å². The molecule has 0 spiro atoms. The van der Waals surface area contributed by atoms with Crippen molar-refractivity contribution < 1.29 is 14.3 Å². The minimum Gasteiger partial charge on any atom is -0.497 e. The number of hydrogen-bond donors (Lipinski definition) is 1. The van der Waals surface area contributed by atoms with Crippen LogP contribution >= 0.6 is 0 Å². The predicted octanol–water partition coefficient (Wildman–Crippen LogP) is 4.37. The Hall–Kier alpha value is -3.42. The standard InChI is InChI=1S/C24H29N5O3/c1-4-32-22(30)18-6-5-7-20(16-18)29-23(26-27-28-29)24(14-12-17(2)13-15-24)25-19-8-10-21(31-3)11-9-19/h5-11,16-17,25H,4,12-15H2,1-3H3. The Bertz CT molecular complexity index is 1060. The molecule has 0 atom stereocenters. The van der Waals surface area contributed by atoms with Gasteiger partial charge in [-0.3, -0.25) is 0 Å². The van der Waals surface area contributed by atoms with E-state index in [-0.39, 0.29) is 5.97 Å². The molecule has 2 aromatic carbocycles. The van der Waals surface area contributed by atoms with Gasteiger partial charge in [0, 0.05) is 5.69 Å². The summed E-state index contributed by atoms with van der Waals surface area (Å²) in [5.41, 5.74) is 1.75. The Morgan fingerprint density at radius 1 is 1.19 bits per heavy atom. The number of hydrogen-bond acceptors (Lipinski definition) is 7. The maximum Gasteiger partial charge on any atom is 0.338 e. The summed E-state index contributed by atoms with van der Waals surface area (Å²) in [6.45, 7) is 4.40. The maximum atomic E-state index is 12.2. The highest BCUT2D eigenvalue weighted by molar-refractivity contribution is 5.90. The highest BCUT2D eigenvalue weighted by Gasteiger charge is 2.41. The molecule has 1 aliphatic carbocycles. The van der Waals surface area contributed by atoms with Gasteiger partial charge in [0.05, 0.1) is 30.5 Å². The number of methoxy groups -OCH3 is 1. The third kappa shape index (κ3) is 4.44. The van der Waals surface area contributed by atoms with E-state index in [9.17, 15) is 4.79 Å². The molecule has 3 aromatic rings. The molecule has 0 radical (unpaired) electrons. The number of ether oxygens (including phenoxy) is 2. The summed E-state index contributed by atoms with van der Waals surface area (Å²) < 4.78 is 12.2. The van der Waals surface area contributed by atoms with Gasteiger partial charge in [0.15, 0.2) is 5.82 Å². The van der Waals surface area contributed by atoms with Crippen molar-refractivity contribution in [3.8, 4) is 11.4 Å². The second-order valence-electron chi connectivity index (χ2n) is 8.30. The Morgan fingerprint density at radius 3 is 2.62 bits per heavy atom. The summed E-state index contributed by atoms with van der Waals surface area (Å²) >= 11 is 0. The molecule has 1 aromatic heterocycles. The lowest BCUT2D eigenvalue weighted by Gasteiger charge is -2.39. The molecular weight excluding hydrogens is 406 g/mol. The molecule has 0 amide bonds. The number of anilines is 1. The Kier molecular flexibility index (Phi) is 6.39. The summed E-state index contributed by atoms with van der Waals surface area (Å²) in [4.78, 5) is 12.2. The van der Waals surface area contributed by atoms with Gasteiger partial charge >= 0.3 is 5.97 Å². The zero-order valence-electron chi connectivity index (χ0n) is 18.7. The van der Waals surface area contributed by atoms with Crippen molar-refractivity contribution in [2.75, 3.05) is 19.0 Å². The normalized spacial score (nSPS) is 20.5. The van der Waals surface area contributed by atoms with Crippen LogP contribution in [0.15, 0.2) is 48.5 Å². The SMILES string of the molecule is CCOC(=O)c1cccc(-n2nnnc2C2(Nc3ccc(OC)cc3)CCC(C)CC2)c1. The van der Waals surface area contributed by atoms with Gasteiger partial charge < -0.3 is 14.8 Å². The fourth-order valence-electron chi connectivity index (χ4n) is 4.25. The smallest absolute Gasteiger partial charge is 0.338 e. The molecule has 1 fully saturated rings. The van der Waals surface area contributed by atoms with Crippen LogP contribution in [-0.2, 0) is 10.3 Å². The largest absolute Gasteiger partial charge is 0.497 e. The summed E-state index contributed by atoms with van der Waals surface area (Å²) in [5, 5.41) is 16.5. The van der Waals surface area contributed by atoms with Crippen LogP contribution in [0.1, 0.15) is 55.7 Å². The number of carbonyl (C=O) groups excluding carboxylic acids is 1. The maximum absolute atomic E-state index is 12.2. The van der Waals surface area contributed by atoms with Crippen LogP contribution in [0.2, 0.25) is 0 Å². The van der Waals surface area contributed by atoms with Crippen LogP contribution in [0.4, 0.5) is 5.69 Å². The average molecular weight is 436 g/mol. The van der Waals surface area contributed by atoms with E-state index in [4.69, 9.17) is 9.47 Å². The highest BCUT2D eigenvalue weighted by Crippen LogP contribution is 2.41. The van der Waals surface area contributed by atoms with Crippen LogP contribution < -0.4 is 10.1 Å². The molecule has 8 nitrogen and oxygen atoms in total. The van der Waals surface area contributed by atoms with Crippen LogP contribution in [0, 0.1) is 5.92 Å². The summed E-state index contributed by atoms with van der Waals surface area (Å²) in [6, 6.07) is 15.1. The zero-order valence-corrected chi connectivity index (χ0v) is 18.7.